The number of nitrogens with zero attached hydrogens (tertiary/aromatic N) is 3. The molecule has 0 unspecified atom stereocenters. The summed E-state index contributed by atoms with van der Waals surface area (Å²) < 4.78 is 0.773. The third-order valence-electron chi connectivity index (χ3n) is 2.75. The van der Waals surface area contributed by atoms with Crippen LogP contribution in [0.25, 0.3) is 0 Å². The summed E-state index contributed by atoms with van der Waals surface area (Å²) >= 11 is 3.40. The monoisotopic (exact) mass is 352 g/mol. The summed E-state index contributed by atoms with van der Waals surface area (Å²) in [6, 6.07) is 5.58. The van der Waals surface area contributed by atoms with Gasteiger partial charge in [-0.2, -0.15) is 4.98 Å². The zero-order valence-corrected chi connectivity index (χ0v) is 12.9. The highest BCUT2D eigenvalue weighted by molar-refractivity contribution is 9.10. The fraction of sp³-hybridized carbons (Fsp3) is 0.167. The van der Waals surface area contributed by atoms with Gasteiger partial charge in [-0.1, -0.05) is 6.07 Å². The van der Waals surface area contributed by atoms with Crippen LogP contribution in [0.5, 0.6) is 0 Å². The highest BCUT2D eigenvalue weighted by Crippen LogP contribution is 2.32. The smallest absolute Gasteiger partial charge is 0.332 e. The molecule has 1 heterocycles. The van der Waals surface area contributed by atoms with E-state index in [9.17, 15) is 10.1 Å². The van der Waals surface area contributed by atoms with Gasteiger partial charge in [-0.15, -0.1) is 0 Å². The van der Waals surface area contributed by atoms with Crippen LogP contribution in [0.15, 0.2) is 22.7 Å². The van der Waals surface area contributed by atoms with Crippen LogP contribution in [0.1, 0.15) is 11.3 Å². The van der Waals surface area contributed by atoms with Crippen LogP contribution in [0.2, 0.25) is 0 Å². The third-order valence-corrected chi connectivity index (χ3v) is 3.40. The maximum Gasteiger partial charge on any atom is 0.332 e. The molecular formula is C12H13BrN6O2. The molecule has 0 spiro atoms. The molecule has 1 aromatic heterocycles. The van der Waals surface area contributed by atoms with E-state index in [2.05, 4.69) is 36.6 Å². The molecule has 0 bridgehead atoms. The van der Waals surface area contributed by atoms with Crippen molar-refractivity contribution in [1.82, 2.24) is 9.97 Å². The minimum atomic E-state index is -0.528. The molecule has 0 aliphatic carbocycles. The zero-order chi connectivity index (χ0) is 15.6. The summed E-state index contributed by atoms with van der Waals surface area (Å²) in [4.78, 5) is 18.6. The molecule has 4 N–H and O–H groups in total. The van der Waals surface area contributed by atoms with Gasteiger partial charge in [-0.3, -0.25) is 15.5 Å². The van der Waals surface area contributed by atoms with E-state index in [0.29, 0.717) is 5.69 Å². The number of halogens is 1. The maximum absolute atomic E-state index is 11.2. The second kappa shape index (κ2) is 6.02. The predicted molar refractivity (Wildman–Crippen MR) is 83.4 cm³/mol. The summed E-state index contributed by atoms with van der Waals surface area (Å²) in [5, 5.41) is 14.1. The molecule has 0 fully saturated rings. The normalized spacial score (nSPS) is 10.3. The molecule has 1 aromatic carbocycles. The van der Waals surface area contributed by atoms with Crippen molar-refractivity contribution in [1.29, 1.82) is 0 Å². The van der Waals surface area contributed by atoms with E-state index < -0.39 is 4.92 Å². The number of hydrazine groups is 1. The Kier molecular flexibility index (Phi) is 4.34. The van der Waals surface area contributed by atoms with Crippen molar-refractivity contribution in [2.75, 3.05) is 10.7 Å². The van der Waals surface area contributed by atoms with Crippen LogP contribution in [0, 0.1) is 24.0 Å². The van der Waals surface area contributed by atoms with Gasteiger partial charge in [-0.25, -0.2) is 10.8 Å². The molecule has 21 heavy (non-hydrogen) atoms. The van der Waals surface area contributed by atoms with Crippen molar-refractivity contribution in [3.8, 4) is 0 Å². The van der Waals surface area contributed by atoms with Crippen LogP contribution in [0.3, 0.4) is 0 Å². The molecule has 0 aliphatic rings. The molecular weight excluding hydrogens is 340 g/mol. The molecule has 0 saturated carbocycles. The average molecular weight is 353 g/mol. The summed E-state index contributed by atoms with van der Waals surface area (Å²) in [5.41, 5.74) is 4.03. The topological polar surface area (TPSA) is 119 Å². The number of nitrogens with one attached hydrogen (secondary N) is 2. The lowest BCUT2D eigenvalue weighted by molar-refractivity contribution is -0.385. The lowest BCUT2D eigenvalue weighted by Gasteiger charge is -2.11. The molecule has 0 amide bonds. The van der Waals surface area contributed by atoms with Crippen LogP contribution in [0.4, 0.5) is 23.1 Å². The number of benzene rings is 1. The molecule has 2 rings (SSSR count). The van der Waals surface area contributed by atoms with Crippen molar-refractivity contribution < 1.29 is 4.92 Å². The largest absolute Gasteiger partial charge is 0.333 e. The SMILES string of the molecule is Cc1ccc(Nc2nc(NN)nc(C)c2[N+](=O)[O-])c(Br)c1. The number of nitro groups is 1. The van der Waals surface area contributed by atoms with E-state index in [0.717, 1.165) is 10.0 Å². The number of anilines is 3. The first-order valence-corrected chi connectivity index (χ1v) is 6.74. The Morgan fingerprint density at radius 2 is 2.05 bits per heavy atom. The Morgan fingerprint density at radius 1 is 1.33 bits per heavy atom. The van der Waals surface area contributed by atoms with Crippen molar-refractivity contribution in [3.63, 3.8) is 0 Å². The highest BCUT2D eigenvalue weighted by Gasteiger charge is 2.22. The van der Waals surface area contributed by atoms with Gasteiger partial charge in [0.05, 0.1) is 10.6 Å². The van der Waals surface area contributed by atoms with Gasteiger partial charge in [0.25, 0.3) is 0 Å². The lowest BCUT2D eigenvalue weighted by atomic mass is 10.2. The molecule has 2 aromatic rings. The fourth-order valence-electron chi connectivity index (χ4n) is 1.79. The van der Waals surface area contributed by atoms with E-state index in [4.69, 9.17) is 5.84 Å². The Labute approximate surface area is 129 Å². The van der Waals surface area contributed by atoms with Gasteiger partial charge >= 0.3 is 5.69 Å². The van der Waals surface area contributed by atoms with Gasteiger partial charge in [0.15, 0.2) is 0 Å². The first kappa shape index (κ1) is 15.1. The van der Waals surface area contributed by atoms with Crippen molar-refractivity contribution in [3.05, 3.63) is 44.0 Å². The molecule has 0 saturated heterocycles. The van der Waals surface area contributed by atoms with E-state index in [-0.39, 0.29) is 23.1 Å². The summed E-state index contributed by atoms with van der Waals surface area (Å²) in [6.45, 7) is 3.47. The molecule has 9 heteroatoms. The number of hydrogen-bond donors (Lipinski definition) is 3. The molecule has 0 atom stereocenters. The van der Waals surface area contributed by atoms with Crippen molar-refractivity contribution in [2.45, 2.75) is 13.8 Å². The number of rotatable bonds is 4. The van der Waals surface area contributed by atoms with E-state index in [1.54, 1.807) is 6.07 Å². The fourth-order valence-corrected chi connectivity index (χ4v) is 2.38. The van der Waals surface area contributed by atoms with Crippen molar-refractivity contribution >= 4 is 39.1 Å². The number of nitrogen functional groups attached to an aromatic ring is 1. The second-order valence-electron chi connectivity index (χ2n) is 4.34. The maximum atomic E-state index is 11.2. The summed E-state index contributed by atoms with van der Waals surface area (Å²) in [5.74, 6) is 5.45. The van der Waals surface area contributed by atoms with Crippen molar-refractivity contribution in [2.24, 2.45) is 5.84 Å². The van der Waals surface area contributed by atoms with Crippen LogP contribution >= 0.6 is 15.9 Å². The summed E-state index contributed by atoms with van der Waals surface area (Å²) in [7, 11) is 0. The van der Waals surface area contributed by atoms with E-state index >= 15 is 0 Å². The highest BCUT2D eigenvalue weighted by atomic mass is 79.9. The van der Waals surface area contributed by atoms with Crippen LogP contribution in [-0.4, -0.2) is 14.9 Å². The number of nitrogens with two attached hydrogens (primary N) is 1. The first-order valence-electron chi connectivity index (χ1n) is 5.95. The summed E-state index contributed by atoms with van der Waals surface area (Å²) in [6.07, 6.45) is 0. The Balaban J connectivity index is 2.51. The molecule has 0 radical (unpaired) electrons. The van der Waals surface area contributed by atoms with Gasteiger partial charge in [-0.05, 0) is 47.5 Å². The number of aryl methyl sites for hydroxylation is 2. The second-order valence-corrected chi connectivity index (χ2v) is 5.19. The van der Waals surface area contributed by atoms with E-state index in [1.807, 2.05) is 19.1 Å². The van der Waals surface area contributed by atoms with E-state index in [1.165, 1.54) is 6.92 Å². The van der Waals surface area contributed by atoms with Crippen LogP contribution in [-0.2, 0) is 0 Å². The Morgan fingerprint density at radius 3 is 2.62 bits per heavy atom. The quantitative estimate of drug-likeness (QED) is 0.439. The zero-order valence-electron chi connectivity index (χ0n) is 11.3. The van der Waals surface area contributed by atoms with Gasteiger partial charge in [0, 0.05) is 4.47 Å². The average Bonchev–Trinajstić information content (AvgIpc) is 2.40. The molecule has 8 nitrogen and oxygen atoms in total. The third kappa shape index (κ3) is 3.26. The lowest BCUT2D eigenvalue weighted by Crippen LogP contribution is -2.13. The van der Waals surface area contributed by atoms with Gasteiger partial charge in [0.1, 0.15) is 5.69 Å². The van der Waals surface area contributed by atoms with Crippen LogP contribution < -0.4 is 16.6 Å². The number of hydrogen-bond acceptors (Lipinski definition) is 7. The Hall–Kier alpha value is -2.26. The predicted octanol–water partition coefficient (Wildman–Crippen LogP) is 2.79. The minimum Gasteiger partial charge on any atom is -0.333 e. The standard InChI is InChI=1S/C12H13BrN6O2/c1-6-3-4-9(8(13)5-6)16-11-10(19(20)21)7(2)15-12(17-11)18-14/h3-5H,14H2,1-2H3,(H2,15,16,17,18). The molecule has 110 valence electrons. The Bertz CT molecular complexity index is 706. The first-order chi connectivity index (χ1) is 9.92. The number of aromatic nitrogens is 2. The molecule has 0 aliphatic heterocycles. The van der Waals surface area contributed by atoms with Gasteiger partial charge in [0.2, 0.25) is 11.8 Å². The van der Waals surface area contributed by atoms with Gasteiger partial charge < -0.3 is 5.32 Å². The minimum absolute atomic E-state index is 0.0741.